The highest BCUT2D eigenvalue weighted by atomic mass is 16.2. The molecule has 4 heteroatoms. The quantitative estimate of drug-likeness (QED) is 0.478. The number of carbonyl (C=O) groups is 1. The second kappa shape index (κ2) is 5.05. The number of hydrogen-bond donors (Lipinski definition) is 3. The third-order valence-electron chi connectivity index (χ3n) is 1.14. The number of urea groups is 1. The lowest BCUT2D eigenvalue weighted by Crippen LogP contribution is -2.30. The second-order valence-corrected chi connectivity index (χ2v) is 2.41. The molecular formula is C6H15N3O. The van der Waals surface area contributed by atoms with Gasteiger partial charge < -0.3 is 16.8 Å². The van der Waals surface area contributed by atoms with E-state index in [-0.39, 0.29) is 6.04 Å². The normalized spacial score (nSPS) is 12.6. The highest BCUT2D eigenvalue weighted by molar-refractivity contribution is 5.71. The lowest BCUT2D eigenvalue weighted by Gasteiger charge is -2.03. The van der Waals surface area contributed by atoms with E-state index < -0.39 is 6.03 Å². The maximum absolute atomic E-state index is 10.1. The molecule has 0 saturated carbocycles. The lowest BCUT2D eigenvalue weighted by atomic mass is 10.2. The van der Waals surface area contributed by atoms with E-state index in [2.05, 4.69) is 5.32 Å². The standard InChI is InChI=1S/C6H15N3O/c1-5(7)3-2-4-9-6(8)10/h5H,2-4,7H2,1H3,(H3,8,9,10)/t5-/m1/s1. The van der Waals surface area contributed by atoms with E-state index in [0.29, 0.717) is 6.54 Å². The fourth-order valence-electron chi connectivity index (χ4n) is 0.636. The number of primary amides is 1. The first kappa shape index (κ1) is 9.23. The van der Waals surface area contributed by atoms with Gasteiger partial charge in [-0.15, -0.1) is 0 Å². The molecule has 0 unspecified atom stereocenters. The highest BCUT2D eigenvalue weighted by Crippen LogP contribution is 1.90. The second-order valence-electron chi connectivity index (χ2n) is 2.41. The largest absolute Gasteiger partial charge is 0.352 e. The zero-order chi connectivity index (χ0) is 7.98. The summed E-state index contributed by atoms with van der Waals surface area (Å²) in [6.45, 7) is 2.56. The Bertz CT molecular complexity index is 103. The monoisotopic (exact) mass is 145 g/mol. The van der Waals surface area contributed by atoms with Crippen LogP contribution in [0, 0.1) is 0 Å². The van der Waals surface area contributed by atoms with Gasteiger partial charge in [0, 0.05) is 12.6 Å². The molecule has 0 radical (unpaired) electrons. The summed E-state index contributed by atoms with van der Waals surface area (Å²) in [5.41, 5.74) is 10.3. The summed E-state index contributed by atoms with van der Waals surface area (Å²) in [5, 5.41) is 2.48. The molecule has 0 aliphatic carbocycles. The minimum Gasteiger partial charge on any atom is -0.352 e. The van der Waals surface area contributed by atoms with Crippen molar-refractivity contribution in [2.75, 3.05) is 6.54 Å². The summed E-state index contributed by atoms with van der Waals surface area (Å²) in [6, 6.07) is -0.264. The van der Waals surface area contributed by atoms with Crippen molar-refractivity contribution in [1.82, 2.24) is 5.32 Å². The van der Waals surface area contributed by atoms with Crippen LogP contribution in [0.2, 0.25) is 0 Å². The molecule has 2 amide bonds. The van der Waals surface area contributed by atoms with Gasteiger partial charge in [-0.25, -0.2) is 4.79 Å². The van der Waals surface area contributed by atoms with Crippen LogP contribution < -0.4 is 16.8 Å². The average molecular weight is 145 g/mol. The summed E-state index contributed by atoms with van der Waals surface area (Å²) in [5.74, 6) is 0. The van der Waals surface area contributed by atoms with Gasteiger partial charge in [0.2, 0.25) is 0 Å². The molecule has 10 heavy (non-hydrogen) atoms. The fraction of sp³-hybridized carbons (Fsp3) is 0.833. The Morgan fingerprint density at radius 1 is 1.70 bits per heavy atom. The maximum atomic E-state index is 10.1. The molecule has 4 nitrogen and oxygen atoms in total. The van der Waals surface area contributed by atoms with Gasteiger partial charge in [0.25, 0.3) is 0 Å². The molecule has 0 spiro atoms. The molecule has 0 aromatic carbocycles. The molecule has 0 bridgehead atoms. The van der Waals surface area contributed by atoms with Crippen molar-refractivity contribution in [3.05, 3.63) is 0 Å². The zero-order valence-corrected chi connectivity index (χ0v) is 6.26. The van der Waals surface area contributed by atoms with Crippen molar-refractivity contribution in [2.45, 2.75) is 25.8 Å². The van der Waals surface area contributed by atoms with Crippen molar-refractivity contribution in [1.29, 1.82) is 0 Å². The van der Waals surface area contributed by atoms with E-state index in [4.69, 9.17) is 11.5 Å². The summed E-state index contributed by atoms with van der Waals surface area (Å²) < 4.78 is 0. The molecular weight excluding hydrogens is 130 g/mol. The van der Waals surface area contributed by atoms with Crippen LogP contribution in [-0.4, -0.2) is 18.6 Å². The maximum Gasteiger partial charge on any atom is 0.312 e. The van der Waals surface area contributed by atoms with Crippen LogP contribution in [0.25, 0.3) is 0 Å². The molecule has 0 aromatic rings. The Labute approximate surface area is 61.0 Å². The van der Waals surface area contributed by atoms with Gasteiger partial charge in [0.15, 0.2) is 0 Å². The van der Waals surface area contributed by atoms with Crippen molar-refractivity contribution < 1.29 is 4.79 Å². The first-order valence-electron chi connectivity index (χ1n) is 3.42. The van der Waals surface area contributed by atoms with Gasteiger partial charge in [0.05, 0.1) is 0 Å². The zero-order valence-electron chi connectivity index (χ0n) is 6.26. The molecule has 0 aliphatic heterocycles. The van der Waals surface area contributed by atoms with Crippen LogP contribution in [0.1, 0.15) is 19.8 Å². The van der Waals surface area contributed by atoms with Crippen LogP contribution in [0.15, 0.2) is 0 Å². The van der Waals surface area contributed by atoms with Gasteiger partial charge in [-0.2, -0.15) is 0 Å². The Kier molecular flexibility index (Phi) is 4.66. The van der Waals surface area contributed by atoms with Crippen LogP contribution in [0.4, 0.5) is 4.79 Å². The van der Waals surface area contributed by atoms with Crippen LogP contribution in [0.5, 0.6) is 0 Å². The van der Waals surface area contributed by atoms with Crippen molar-refractivity contribution in [3.8, 4) is 0 Å². The third-order valence-corrected chi connectivity index (χ3v) is 1.14. The molecule has 60 valence electrons. The predicted octanol–water partition coefficient (Wildman–Crippen LogP) is -0.218. The van der Waals surface area contributed by atoms with E-state index in [1.165, 1.54) is 0 Å². The summed E-state index contributed by atoms with van der Waals surface area (Å²) in [6.07, 6.45) is 1.81. The number of amides is 2. The molecule has 0 heterocycles. The van der Waals surface area contributed by atoms with Crippen molar-refractivity contribution in [3.63, 3.8) is 0 Å². The van der Waals surface area contributed by atoms with Gasteiger partial charge in [-0.3, -0.25) is 0 Å². The summed E-state index contributed by atoms with van der Waals surface area (Å²) in [4.78, 5) is 10.1. The fourth-order valence-corrected chi connectivity index (χ4v) is 0.636. The molecule has 0 aromatic heterocycles. The van der Waals surface area contributed by atoms with Gasteiger partial charge >= 0.3 is 6.03 Å². The van der Waals surface area contributed by atoms with E-state index >= 15 is 0 Å². The smallest absolute Gasteiger partial charge is 0.312 e. The molecule has 0 saturated heterocycles. The first-order chi connectivity index (χ1) is 4.63. The number of nitrogens with two attached hydrogens (primary N) is 2. The van der Waals surface area contributed by atoms with E-state index in [1.54, 1.807) is 0 Å². The van der Waals surface area contributed by atoms with E-state index in [9.17, 15) is 4.79 Å². The molecule has 0 rings (SSSR count). The average Bonchev–Trinajstić information content (AvgIpc) is 1.79. The molecule has 5 N–H and O–H groups in total. The van der Waals surface area contributed by atoms with Crippen molar-refractivity contribution >= 4 is 6.03 Å². The lowest BCUT2D eigenvalue weighted by molar-refractivity contribution is 0.248. The van der Waals surface area contributed by atoms with Crippen LogP contribution in [-0.2, 0) is 0 Å². The number of carbonyl (C=O) groups excluding carboxylic acids is 1. The van der Waals surface area contributed by atoms with Crippen LogP contribution in [0.3, 0.4) is 0 Å². The van der Waals surface area contributed by atoms with E-state index in [0.717, 1.165) is 12.8 Å². The number of rotatable bonds is 4. The minimum atomic E-state index is -0.468. The molecule has 0 aliphatic rings. The topological polar surface area (TPSA) is 81.1 Å². The van der Waals surface area contributed by atoms with Gasteiger partial charge in [-0.1, -0.05) is 0 Å². The Balaban J connectivity index is 2.98. The predicted molar refractivity (Wildman–Crippen MR) is 40.5 cm³/mol. The number of hydrogen-bond acceptors (Lipinski definition) is 2. The van der Waals surface area contributed by atoms with Crippen LogP contribution >= 0.6 is 0 Å². The third kappa shape index (κ3) is 7.23. The van der Waals surface area contributed by atoms with Gasteiger partial charge in [-0.05, 0) is 19.8 Å². The van der Waals surface area contributed by atoms with Crippen molar-refractivity contribution in [2.24, 2.45) is 11.5 Å². The van der Waals surface area contributed by atoms with Gasteiger partial charge in [0.1, 0.15) is 0 Å². The van der Waals surface area contributed by atoms with E-state index in [1.807, 2.05) is 6.92 Å². The summed E-state index contributed by atoms with van der Waals surface area (Å²) >= 11 is 0. The SMILES string of the molecule is C[C@@H](N)CCCNC(N)=O. The Morgan fingerprint density at radius 3 is 2.70 bits per heavy atom. The highest BCUT2D eigenvalue weighted by Gasteiger charge is 1.94. The first-order valence-corrected chi connectivity index (χ1v) is 3.42. The Hall–Kier alpha value is -0.770. The molecule has 0 fully saturated rings. The molecule has 1 atom stereocenters. The number of nitrogens with one attached hydrogen (secondary N) is 1. The Morgan fingerprint density at radius 2 is 2.30 bits per heavy atom. The minimum absolute atomic E-state index is 0.203. The summed E-state index contributed by atoms with van der Waals surface area (Å²) in [7, 11) is 0.